The van der Waals surface area contributed by atoms with Crippen molar-refractivity contribution in [3.8, 4) is 28.7 Å². The van der Waals surface area contributed by atoms with Crippen molar-refractivity contribution in [2.45, 2.75) is 71.4 Å². The highest BCUT2D eigenvalue weighted by molar-refractivity contribution is 5.87. The Balaban J connectivity index is 0.000000193. The van der Waals surface area contributed by atoms with E-state index in [1.165, 1.54) is 35.5 Å². The largest absolute Gasteiger partial charge is 0.496 e. The number of carbonyl (C=O) groups is 2. The number of ether oxygens (including phenoxy) is 6. The topological polar surface area (TPSA) is 182 Å². The van der Waals surface area contributed by atoms with Gasteiger partial charge in [0, 0.05) is 79.7 Å². The number of fused-ring (bicyclic) bond motifs is 4. The normalized spacial score (nSPS) is 13.6. The molecule has 72 heavy (non-hydrogen) atoms. The first-order valence-corrected chi connectivity index (χ1v) is 23.9. The van der Waals surface area contributed by atoms with Crippen LogP contribution in [0, 0.1) is 0 Å². The molecule has 4 aromatic carbocycles. The lowest BCUT2D eigenvalue weighted by atomic mass is 10.0. The molecule has 3 aromatic heterocycles. The second-order valence-electron chi connectivity index (χ2n) is 18.2. The molecule has 1 amide bonds. The Morgan fingerprint density at radius 3 is 1.61 bits per heavy atom. The summed E-state index contributed by atoms with van der Waals surface area (Å²) in [4.78, 5) is 64.5. The molecular formula is C55H63N5O12. The number of methoxy groups -OCH3 is 3. The minimum absolute atomic E-state index is 0.0452. The van der Waals surface area contributed by atoms with Gasteiger partial charge < -0.3 is 61.8 Å². The number of pyridine rings is 3. The first kappa shape index (κ1) is 52.2. The molecule has 2 aliphatic heterocycles. The fraction of sp³-hybridized carbons (Fsp3) is 0.364. The van der Waals surface area contributed by atoms with Crippen molar-refractivity contribution < 1.29 is 43.1 Å². The SMILES string of the molecule is COc1cc(=O)n(CC=O)c2ccccc12.COc1cc(=O)n(CCN2CCC(N(Cc3ccc4c(c3)OCCO4)C(=O)OC(C)(C)C)CC2)c2ccccc12.COc1cc(=O)n(CCO)c2ccccc12. The second kappa shape index (κ2) is 24.0. The second-order valence-corrected chi connectivity index (χ2v) is 18.2. The van der Waals surface area contributed by atoms with Crippen LogP contribution in [0.3, 0.4) is 0 Å². The van der Waals surface area contributed by atoms with Crippen LogP contribution in [0.4, 0.5) is 4.79 Å². The van der Waals surface area contributed by atoms with E-state index in [1.807, 2.05) is 115 Å². The van der Waals surface area contributed by atoms with Crippen molar-refractivity contribution in [3.05, 3.63) is 146 Å². The molecule has 1 fully saturated rings. The number of aromatic nitrogens is 3. The van der Waals surface area contributed by atoms with E-state index in [1.54, 1.807) is 19.2 Å². The van der Waals surface area contributed by atoms with E-state index in [0.717, 1.165) is 71.0 Å². The van der Waals surface area contributed by atoms with Crippen LogP contribution < -0.4 is 40.4 Å². The Morgan fingerprint density at radius 1 is 0.653 bits per heavy atom. The molecule has 0 radical (unpaired) electrons. The third-order valence-corrected chi connectivity index (χ3v) is 12.4. The van der Waals surface area contributed by atoms with Gasteiger partial charge in [-0.25, -0.2) is 4.79 Å². The number of carbonyl (C=O) groups excluding carboxylic acids is 2. The summed E-state index contributed by atoms with van der Waals surface area (Å²) < 4.78 is 37.7. The van der Waals surface area contributed by atoms with Crippen molar-refractivity contribution in [3.63, 3.8) is 0 Å². The Hall–Kier alpha value is -7.63. The van der Waals surface area contributed by atoms with E-state index in [9.17, 15) is 24.0 Å². The van der Waals surface area contributed by atoms with Crippen LogP contribution in [0.25, 0.3) is 32.7 Å². The van der Waals surface area contributed by atoms with E-state index < -0.39 is 5.60 Å². The quantitative estimate of drug-likeness (QED) is 0.118. The number of rotatable bonds is 13. The third-order valence-electron chi connectivity index (χ3n) is 12.4. The summed E-state index contributed by atoms with van der Waals surface area (Å²) in [5, 5.41) is 11.6. The van der Waals surface area contributed by atoms with Gasteiger partial charge in [0.1, 0.15) is 42.3 Å². The van der Waals surface area contributed by atoms with Crippen LogP contribution in [-0.2, 0) is 35.7 Å². The summed E-state index contributed by atoms with van der Waals surface area (Å²) in [6, 6.07) is 32.9. The van der Waals surface area contributed by atoms with E-state index in [0.29, 0.717) is 67.6 Å². The number of piperidine rings is 1. The zero-order valence-corrected chi connectivity index (χ0v) is 41.7. The molecular weight excluding hydrogens is 923 g/mol. The summed E-state index contributed by atoms with van der Waals surface area (Å²) in [6.07, 6.45) is 2.04. The first-order chi connectivity index (χ1) is 34.8. The van der Waals surface area contributed by atoms with Gasteiger partial charge in [-0.3, -0.25) is 14.4 Å². The predicted molar refractivity (Wildman–Crippen MR) is 276 cm³/mol. The number of nitrogens with zero attached hydrogens (tertiary/aromatic N) is 5. The highest BCUT2D eigenvalue weighted by atomic mass is 16.6. The maximum absolute atomic E-state index is 13.3. The molecule has 5 heterocycles. The van der Waals surface area contributed by atoms with Gasteiger partial charge in [-0.05, 0) is 87.7 Å². The lowest BCUT2D eigenvalue weighted by Gasteiger charge is -2.39. The fourth-order valence-corrected chi connectivity index (χ4v) is 8.98. The van der Waals surface area contributed by atoms with E-state index in [-0.39, 0.29) is 42.0 Å². The van der Waals surface area contributed by atoms with Gasteiger partial charge >= 0.3 is 6.09 Å². The smallest absolute Gasteiger partial charge is 0.410 e. The van der Waals surface area contributed by atoms with Crippen LogP contribution in [-0.4, -0.2) is 113 Å². The maximum Gasteiger partial charge on any atom is 0.410 e. The monoisotopic (exact) mass is 985 g/mol. The number of aliphatic hydroxyl groups excluding tert-OH is 1. The van der Waals surface area contributed by atoms with E-state index >= 15 is 0 Å². The van der Waals surface area contributed by atoms with Crippen molar-refractivity contribution in [1.29, 1.82) is 0 Å². The molecule has 2 aliphatic rings. The predicted octanol–water partition coefficient (Wildman–Crippen LogP) is 6.89. The van der Waals surface area contributed by atoms with Crippen LogP contribution in [0.1, 0.15) is 39.2 Å². The summed E-state index contributed by atoms with van der Waals surface area (Å²) in [6.45, 7) is 10.4. The maximum atomic E-state index is 13.3. The van der Waals surface area contributed by atoms with Crippen molar-refractivity contribution in [2.75, 3.05) is 60.8 Å². The lowest BCUT2D eigenvalue weighted by molar-refractivity contribution is -0.108. The van der Waals surface area contributed by atoms with E-state index in [4.69, 9.17) is 33.5 Å². The van der Waals surface area contributed by atoms with Gasteiger partial charge in [0.15, 0.2) is 11.5 Å². The van der Waals surface area contributed by atoms with E-state index in [2.05, 4.69) is 4.90 Å². The zero-order chi connectivity index (χ0) is 51.4. The molecule has 7 aromatic rings. The standard InChI is InChI=1S/C31H39N3O6.C12H13NO3.C12H11NO3/c1-31(2,3)40-30(36)34(21-22-9-10-26-28(19-22)39-18-17-38-26)23-11-13-32(14-12-23)15-16-33-25-8-6-5-7-24(25)27(37-4)20-29(33)35;2*1-16-11-8-12(15)13(6-7-14)10-5-3-2-4-9(10)11/h5-10,19-20,23H,11-18,21H2,1-4H3;2-5,8,14H,6-7H2,1H3;2-5,7-8H,6H2,1H3. The molecule has 0 saturated carbocycles. The number of benzene rings is 4. The average Bonchev–Trinajstić information content (AvgIpc) is 3.39. The molecule has 0 atom stereocenters. The zero-order valence-electron chi connectivity index (χ0n) is 41.7. The summed E-state index contributed by atoms with van der Waals surface area (Å²) in [7, 11) is 4.65. The van der Waals surface area contributed by atoms with Crippen LogP contribution in [0.2, 0.25) is 0 Å². The number of aliphatic hydroxyl groups is 1. The summed E-state index contributed by atoms with van der Waals surface area (Å²) in [5.74, 6) is 3.13. The highest BCUT2D eigenvalue weighted by Gasteiger charge is 2.32. The molecule has 380 valence electrons. The minimum atomic E-state index is -0.586. The number of hydrogen-bond acceptors (Lipinski definition) is 13. The number of para-hydroxylation sites is 3. The van der Waals surface area contributed by atoms with Crippen molar-refractivity contribution >= 4 is 45.1 Å². The van der Waals surface area contributed by atoms with Crippen LogP contribution in [0.5, 0.6) is 28.7 Å². The summed E-state index contributed by atoms with van der Waals surface area (Å²) in [5.41, 5.74) is 2.28. The molecule has 0 unspecified atom stereocenters. The Labute approximate surface area is 417 Å². The van der Waals surface area contributed by atoms with Gasteiger partial charge in [0.2, 0.25) is 0 Å². The van der Waals surface area contributed by atoms with Crippen LogP contribution in [0.15, 0.2) is 124 Å². The third kappa shape index (κ3) is 12.4. The number of amides is 1. The molecule has 1 saturated heterocycles. The number of hydrogen-bond donors (Lipinski definition) is 1. The number of aldehydes is 1. The van der Waals surface area contributed by atoms with Gasteiger partial charge in [0.25, 0.3) is 16.7 Å². The van der Waals surface area contributed by atoms with Gasteiger partial charge in [-0.2, -0.15) is 0 Å². The van der Waals surface area contributed by atoms with Gasteiger partial charge in [0.05, 0.1) is 51.0 Å². The van der Waals surface area contributed by atoms with Crippen LogP contribution >= 0.6 is 0 Å². The molecule has 0 spiro atoms. The van der Waals surface area contributed by atoms with Crippen molar-refractivity contribution in [2.24, 2.45) is 0 Å². The highest BCUT2D eigenvalue weighted by Crippen LogP contribution is 2.33. The van der Waals surface area contributed by atoms with Crippen molar-refractivity contribution in [1.82, 2.24) is 23.5 Å². The Morgan fingerprint density at radius 2 is 1.12 bits per heavy atom. The Kier molecular flexibility index (Phi) is 17.4. The Bertz CT molecular complexity index is 3190. The molecule has 17 heteroatoms. The summed E-state index contributed by atoms with van der Waals surface area (Å²) >= 11 is 0. The lowest BCUT2D eigenvalue weighted by Crippen LogP contribution is -2.49. The molecule has 9 rings (SSSR count). The van der Waals surface area contributed by atoms with Gasteiger partial charge in [-0.15, -0.1) is 0 Å². The average molecular weight is 986 g/mol. The number of likely N-dealkylation sites (tertiary alicyclic amines) is 1. The molecule has 0 bridgehead atoms. The minimum Gasteiger partial charge on any atom is -0.496 e. The van der Waals surface area contributed by atoms with Gasteiger partial charge in [-0.1, -0.05) is 42.5 Å². The molecule has 0 aliphatic carbocycles. The molecule has 1 N–H and O–H groups in total. The first-order valence-electron chi connectivity index (χ1n) is 23.9. The molecule has 17 nitrogen and oxygen atoms in total. The fourth-order valence-electron chi connectivity index (χ4n) is 8.98.